The third-order valence-electron chi connectivity index (χ3n) is 6.36. The number of nitrogens with two attached hydrogens (primary N) is 1. The van der Waals surface area contributed by atoms with Gasteiger partial charge in [-0.2, -0.15) is 10.2 Å². The zero-order valence-corrected chi connectivity index (χ0v) is 21.5. The number of hydrogen-bond acceptors (Lipinski definition) is 7. The molecule has 0 bridgehead atoms. The van der Waals surface area contributed by atoms with Gasteiger partial charge in [-0.25, -0.2) is 0 Å². The van der Waals surface area contributed by atoms with Gasteiger partial charge in [0.25, 0.3) is 0 Å². The van der Waals surface area contributed by atoms with Gasteiger partial charge in [0.2, 0.25) is 11.0 Å². The first-order chi connectivity index (χ1) is 18.1. The van der Waals surface area contributed by atoms with Crippen LogP contribution >= 0.6 is 11.3 Å². The maximum absolute atomic E-state index is 12.4. The van der Waals surface area contributed by atoms with Crippen molar-refractivity contribution in [1.82, 2.24) is 20.4 Å². The minimum absolute atomic E-state index is 0.104. The van der Waals surface area contributed by atoms with E-state index < -0.39 is 0 Å². The number of aryl methyl sites for hydroxylation is 2. The van der Waals surface area contributed by atoms with E-state index in [1.54, 1.807) is 0 Å². The van der Waals surface area contributed by atoms with Gasteiger partial charge in [-0.05, 0) is 54.0 Å². The second kappa shape index (κ2) is 12.0. The fourth-order valence-corrected chi connectivity index (χ4v) is 5.32. The SMILES string of the molecule is NCc1cccc(CC(=O)Nc2nnc(CCCCc3cc4c(nn3)CC(Cc3ccccc3)=C4)s2)c1. The van der Waals surface area contributed by atoms with Crippen molar-refractivity contribution in [3.8, 4) is 0 Å². The Balaban J connectivity index is 1.06. The highest BCUT2D eigenvalue weighted by Crippen LogP contribution is 2.26. The number of amides is 1. The van der Waals surface area contributed by atoms with Crippen molar-refractivity contribution in [2.75, 3.05) is 5.32 Å². The lowest BCUT2D eigenvalue weighted by Crippen LogP contribution is -2.14. The molecule has 37 heavy (non-hydrogen) atoms. The van der Waals surface area contributed by atoms with Crippen LogP contribution in [0, 0.1) is 0 Å². The average Bonchev–Trinajstić information content (AvgIpc) is 3.53. The molecule has 2 heterocycles. The standard InChI is InChI=1S/C29H30N6OS/c30-19-22-10-6-9-21(14-22)17-27(36)31-29-35-34-28(37-29)12-5-4-11-25-18-24-15-23(16-26(24)33-32-25)13-20-7-2-1-3-8-20/h1-3,6-10,14-15,18H,4-5,11-13,16-17,19,30H2,(H,31,35,36). The number of hydrogen-bond donors (Lipinski definition) is 2. The van der Waals surface area contributed by atoms with Crippen molar-refractivity contribution in [2.45, 2.75) is 51.5 Å². The van der Waals surface area contributed by atoms with Crippen molar-refractivity contribution in [2.24, 2.45) is 5.73 Å². The predicted octanol–water partition coefficient (Wildman–Crippen LogP) is 4.72. The summed E-state index contributed by atoms with van der Waals surface area (Å²) >= 11 is 1.43. The minimum atomic E-state index is -0.104. The highest BCUT2D eigenvalue weighted by molar-refractivity contribution is 7.15. The molecule has 7 nitrogen and oxygen atoms in total. The molecule has 0 unspecified atom stereocenters. The minimum Gasteiger partial charge on any atom is -0.326 e. The first-order valence-corrected chi connectivity index (χ1v) is 13.5. The highest BCUT2D eigenvalue weighted by atomic mass is 32.1. The molecule has 0 aliphatic heterocycles. The molecule has 2 aromatic carbocycles. The molecule has 1 amide bonds. The lowest BCUT2D eigenvalue weighted by Gasteiger charge is -2.03. The molecule has 0 saturated heterocycles. The van der Waals surface area contributed by atoms with Gasteiger partial charge in [0.05, 0.1) is 17.8 Å². The van der Waals surface area contributed by atoms with E-state index in [0.29, 0.717) is 11.7 Å². The molecule has 1 aliphatic rings. The number of nitrogens with zero attached hydrogens (tertiary/aromatic N) is 4. The molecule has 2 aromatic heterocycles. The zero-order chi connectivity index (χ0) is 25.5. The van der Waals surface area contributed by atoms with Crippen LogP contribution in [0.3, 0.4) is 0 Å². The summed E-state index contributed by atoms with van der Waals surface area (Å²) in [6.07, 6.45) is 8.07. The monoisotopic (exact) mass is 510 g/mol. The summed E-state index contributed by atoms with van der Waals surface area (Å²) in [6.45, 7) is 0.459. The van der Waals surface area contributed by atoms with Crippen LogP contribution in [0.4, 0.5) is 5.13 Å². The van der Waals surface area contributed by atoms with Crippen LogP contribution < -0.4 is 11.1 Å². The molecule has 0 radical (unpaired) electrons. The van der Waals surface area contributed by atoms with E-state index in [1.165, 1.54) is 28.0 Å². The van der Waals surface area contributed by atoms with E-state index >= 15 is 0 Å². The Kier molecular flexibility index (Phi) is 8.08. The van der Waals surface area contributed by atoms with Gasteiger partial charge < -0.3 is 11.1 Å². The molecular formula is C29H30N6OS. The quantitative estimate of drug-likeness (QED) is 0.283. The largest absolute Gasteiger partial charge is 0.326 e. The average molecular weight is 511 g/mol. The van der Waals surface area contributed by atoms with Crippen LogP contribution in [-0.4, -0.2) is 26.3 Å². The molecule has 8 heteroatoms. The second-order valence-corrected chi connectivity index (χ2v) is 10.4. The van der Waals surface area contributed by atoms with Crippen LogP contribution in [0.2, 0.25) is 0 Å². The Hall–Kier alpha value is -3.75. The maximum atomic E-state index is 12.4. The Morgan fingerprint density at radius 1 is 0.892 bits per heavy atom. The summed E-state index contributed by atoms with van der Waals surface area (Å²) in [5, 5.41) is 21.6. The fourth-order valence-electron chi connectivity index (χ4n) is 4.52. The first kappa shape index (κ1) is 24.9. The van der Waals surface area contributed by atoms with Gasteiger partial charge in [0.15, 0.2) is 0 Å². The second-order valence-electron chi connectivity index (χ2n) is 9.34. The van der Waals surface area contributed by atoms with E-state index in [0.717, 1.165) is 66.0 Å². The topological polar surface area (TPSA) is 107 Å². The van der Waals surface area contributed by atoms with Crippen molar-refractivity contribution >= 4 is 28.5 Å². The molecule has 0 fully saturated rings. The van der Waals surface area contributed by atoms with Gasteiger partial charge in [-0.1, -0.05) is 77.6 Å². The highest BCUT2D eigenvalue weighted by Gasteiger charge is 2.16. The molecular weight excluding hydrogens is 480 g/mol. The summed E-state index contributed by atoms with van der Waals surface area (Å²) in [4.78, 5) is 12.4. The Labute approximate surface area is 220 Å². The van der Waals surface area contributed by atoms with E-state index in [4.69, 9.17) is 5.73 Å². The van der Waals surface area contributed by atoms with Crippen molar-refractivity contribution < 1.29 is 4.79 Å². The number of nitrogens with one attached hydrogen (secondary N) is 1. The number of allylic oxidation sites excluding steroid dienone is 1. The van der Waals surface area contributed by atoms with Crippen LogP contribution in [0.25, 0.3) is 6.08 Å². The summed E-state index contributed by atoms with van der Waals surface area (Å²) < 4.78 is 0. The van der Waals surface area contributed by atoms with Gasteiger partial charge in [-0.3, -0.25) is 4.79 Å². The number of rotatable bonds is 11. The van der Waals surface area contributed by atoms with Crippen LogP contribution in [0.15, 0.2) is 66.2 Å². The summed E-state index contributed by atoms with van der Waals surface area (Å²) in [5.74, 6) is -0.104. The predicted molar refractivity (Wildman–Crippen MR) is 147 cm³/mol. The van der Waals surface area contributed by atoms with E-state index in [1.807, 2.05) is 30.3 Å². The normalized spacial score (nSPS) is 12.3. The number of carbonyl (C=O) groups excluding carboxylic acids is 1. The number of aromatic nitrogens is 4. The fraction of sp³-hybridized carbons (Fsp3) is 0.276. The number of unbranched alkanes of at least 4 members (excludes halogenated alkanes) is 1. The van der Waals surface area contributed by atoms with Crippen LogP contribution in [0.5, 0.6) is 0 Å². The molecule has 0 saturated carbocycles. The molecule has 4 aromatic rings. The lowest BCUT2D eigenvalue weighted by molar-refractivity contribution is -0.115. The summed E-state index contributed by atoms with van der Waals surface area (Å²) in [5.41, 5.74) is 13.6. The third kappa shape index (κ3) is 6.93. The third-order valence-corrected chi connectivity index (χ3v) is 7.26. The van der Waals surface area contributed by atoms with Gasteiger partial charge in [-0.15, -0.1) is 10.2 Å². The number of benzene rings is 2. The number of carbonyl (C=O) groups is 1. The molecule has 188 valence electrons. The summed E-state index contributed by atoms with van der Waals surface area (Å²) in [7, 11) is 0. The molecule has 0 atom stereocenters. The molecule has 5 rings (SSSR count). The zero-order valence-electron chi connectivity index (χ0n) is 20.7. The lowest BCUT2D eigenvalue weighted by atomic mass is 10.0. The maximum Gasteiger partial charge on any atom is 0.230 e. The van der Waals surface area contributed by atoms with Gasteiger partial charge >= 0.3 is 0 Å². The van der Waals surface area contributed by atoms with Gasteiger partial charge in [0.1, 0.15) is 5.01 Å². The Morgan fingerprint density at radius 3 is 2.57 bits per heavy atom. The van der Waals surface area contributed by atoms with Crippen LogP contribution in [0.1, 0.15) is 51.5 Å². The molecule has 3 N–H and O–H groups in total. The summed E-state index contributed by atoms with van der Waals surface area (Å²) in [6, 6.07) is 20.5. The van der Waals surface area contributed by atoms with E-state index in [9.17, 15) is 4.79 Å². The van der Waals surface area contributed by atoms with E-state index in [2.05, 4.69) is 62.1 Å². The van der Waals surface area contributed by atoms with Crippen molar-refractivity contribution in [3.63, 3.8) is 0 Å². The van der Waals surface area contributed by atoms with Crippen molar-refractivity contribution in [1.29, 1.82) is 0 Å². The smallest absolute Gasteiger partial charge is 0.230 e. The molecule has 0 spiro atoms. The van der Waals surface area contributed by atoms with Gasteiger partial charge in [0, 0.05) is 19.4 Å². The first-order valence-electron chi connectivity index (χ1n) is 12.6. The van der Waals surface area contributed by atoms with Crippen molar-refractivity contribution in [3.05, 3.63) is 105 Å². The molecule has 1 aliphatic carbocycles. The Bertz CT molecular complexity index is 1400. The van der Waals surface area contributed by atoms with E-state index in [-0.39, 0.29) is 12.3 Å². The number of anilines is 1. The Morgan fingerprint density at radius 2 is 1.70 bits per heavy atom. The number of fused-ring (bicyclic) bond motifs is 1. The van der Waals surface area contributed by atoms with Crippen LogP contribution in [-0.2, 0) is 43.4 Å².